The molecule has 0 aromatic heterocycles. The number of ketones is 2. The Morgan fingerprint density at radius 2 is 1.76 bits per heavy atom. The van der Waals surface area contributed by atoms with Crippen molar-refractivity contribution in [2.45, 2.75) is 52.4 Å². The fourth-order valence-electron chi connectivity index (χ4n) is 3.43. The summed E-state index contributed by atoms with van der Waals surface area (Å²) < 4.78 is 0. The fraction of sp³-hybridized carbons (Fsp3) is 0.500. The van der Waals surface area contributed by atoms with Crippen molar-refractivity contribution in [2.75, 3.05) is 7.05 Å². The summed E-state index contributed by atoms with van der Waals surface area (Å²) in [5.74, 6) is 1.06. The summed E-state index contributed by atoms with van der Waals surface area (Å²) in [4.78, 5) is 29.5. The number of benzene rings is 1. The molecule has 25 heavy (non-hydrogen) atoms. The molecular formula is C22H31NO2. The molecule has 2 rings (SSSR count). The molecule has 1 aliphatic rings. The van der Waals surface area contributed by atoms with Crippen LogP contribution in [0.15, 0.2) is 47.0 Å². The Kier molecular flexibility index (Phi) is 7.30. The van der Waals surface area contributed by atoms with Gasteiger partial charge in [-0.1, -0.05) is 57.0 Å². The Labute approximate surface area is 152 Å². The fourth-order valence-corrected chi connectivity index (χ4v) is 3.43. The van der Waals surface area contributed by atoms with Crippen molar-refractivity contribution in [2.24, 2.45) is 16.8 Å². The van der Waals surface area contributed by atoms with E-state index in [1.54, 1.807) is 20.0 Å². The van der Waals surface area contributed by atoms with Gasteiger partial charge in [0.05, 0.1) is 11.3 Å². The van der Waals surface area contributed by atoms with Crippen LogP contribution in [0.3, 0.4) is 0 Å². The summed E-state index contributed by atoms with van der Waals surface area (Å²) in [6.45, 7) is 4.07. The summed E-state index contributed by atoms with van der Waals surface area (Å²) in [7, 11) is 1.69. The minimum Gasteiger partial charge on any atom is -0.294 e. The zero-order valence-corrected chi connectivity index (χ0v) is 15.6. The van der Waals surface area contributed by atoms with Gasteiger partial charge >= 0.3 is 0 Å². The molecule has 3 nitrogen and oxygen atoms in total. The van der Waals surface area contributed by atoms with E-state index in [1.807, 2.05) is 30.3 Å². The van der Waals surface area contributed by atoms with Gasteiger partial charge in [-0.05, 0) is 36.3 Å². The van der Waals surface area contributed by atoms with Crippen molar-refractivity contribution in [1.82, 2.24) is 0 Å². The molecule has 0 heterocycles. The second-order valence-corrected chi connectivity index (χ2v) is 7.06. The zero-order valence-electron chi connectivity index (χ0n) is 15.6. The molecular weight excluding hydrogens is 310 g/mol. The van der Waals surface area contributed by atoms with Gasteiger partial charge in [0.1, 0.15) is 0 Å². The molecule has 0 saturated heterocycles. The summed E-state index contributed by atoms with van der Waals surface area (Å²) >= 11 is 0. The molecule has 0 bridgehead atoms. The quantitative estimate of drug-likeness (QED) is 0.302. The third-order valence-electron chi connectivity index (χ3n) is 5.12. The van der Waals surface area contributed by atoms with Crippen molar-refractivity contribution in [1.29, 1.82) is 0 Å². The molecule has 0 radical (unpaired) electrons. The summed E-state index contributed by atoms with van der Waals surface area (Å²) in [6.07, 6.45) is 7.06. The molecule has 136 valence electrons. The minimum absolute atomic E-state index is 0. The highest BCUT2D eigenvalue weighted by Gasteiger charge is 2.24. The van der Waals surface area contributed by atoms with Gasteiger partial charge in [0.2, 0.25) is 0 Å². The van der Waals surface area contributed by atoms with E-state index < -0.39 is 0 Å². The first kappa shape index (κ1) is 19.3. The lowest BCUT2D eigenvalue weighted by Crippen LogP contribution is -2.20. The second-order valence-electron chi connectivity index (χ2n) is 7.06. The number of hydrogen-bond acceptors (Lipinski definition) is 3. The maximum atomic E-state index is 12.8. The van der Waals surface area contributed by atoms with Crippen molar-refractivity contribution in [3.05, 3.63) is 47.5 Å². The first-order chi connectivity index (χ1) is 12.0. The maximum absolute atomic E-state index is 12.8. The normalized spacial score (nSPS) is 21.9. The topological polar surface area (TPSA) is 46.5 Å². The number of hydrogen-bond donors (Lipinski definition) is 0. The van der Waals surface area contributed by atoms with Crippen LogP contribution < -0.4 is 0 Å². The number of allylic oxidation sites excluding steroid dienone is 2. The van der Waals surface area contributed by atoms with Gasteiger partial charge in [-0.3, -0.25) is 14.6 Å². The van der Waals surface area contributed by atoms with Crippen LogP contribution in [0.5, 0.6) is 0 Å². The van der Waals surface area contributed by atoms with E-state index in [0.717, 1.165) is 24.3 Å². The number of carbonyl (C=O) groups excluding carboxylic acids is 2. The third-order valence-corrected chi connectivity index (χ3v) is 5.12. The van der Waals surface area contributed by atoms with Crippen LogP contribution in [-0.4, -0.2) is 24.3 Å². The molecule has 1 aromatic rings. The summed E-state index contributed by atoms with van der Waals surface area (Å²) in [5.41, 5.74) is 1.92. The molecule has 1 fully saturated rings. The Morgan fingerprint density at radius 1 is 1.12 bits per heavy atom. The first-order valence-electron chi connectivity index (χ1n) is 9.35. The van der Waals surface area contributed by atoms with E-state index in [1.165, 1.54) is 12.8 Å². The smallest absolute Gasteiger partial charge is 0.166 e. The lowest BCUT2D eigenvalue weighted by molar-refractivity contribution is -0.121. The molecule has 0 atom stereocenters. The summed E-state index contributed by atoms with van der Waals surface area (Å²) in [6, 6.07) is 9.69. The third kappa shape index (κ3) is 5.48. The van der Waals surface area contributed by atoms with E-state index in [9.17, 15) is 9.59 Å². The van der Waals surface area contributed by atoms with E-state index in [2.05, 4.69) is 11.9 Å². The van der Waals surface area contributed by atoms with Crippen molar-refractivity contribution < 1.29 is 11.0 Å². The molecule has 0 amide bonds. The van der Waals surface area contributed by atoms with Crippen LogP contribution in [0.4, 0.5) is 0 Å². The van der Waals surface area contributed by atoms with Crippen molar-refractivity contribution >= 4 is 17.3 Å². The van der Waals surface area contributed by atoms with Gasteiger partial charge in [-0.25, -0.2) is 0 Å². The Bertz CT molecular complexity index is 656. The van der Waals surface area contributed by atoms with Crippen LogP contribution in [-0.2, 0) is 9.59 Å². The highest BCUT2D eigenvalue weighted by atomic mass is 16.1. The highest BCUT2D eigenvalue weighted by Crippen LogP contribution is 2.31. The molecule has 0 spiro atoms. The lowest BCUT2D eigenvalue weighted by Gasteiger charge is -2.25. The number of carbonyl (C=O) groups is 2. The SMILES string of the molecule is CCC(=O)/C(=C\C(=NC)c1ccccc1)C(=O)CC1CCC(C)CC1.[HH]. The molecule has 0 N–H and O–H groups in total. The van der Waals surface area contributed by atoms with Gasteiger partial charge in [-0.15, -0.1) is 0 Å². The standard InChI is InChI=1S/C22H29NO2.H2/c1-4-21(24)19(15-20(23-3)18-8-6-5-7-9-18)22(25)14-17-12-10-16(2)11-13-17;/h5-9,15-17H,4,10-14H2,1-3H3;1H/b19-15+,23-20?;. The van der Waals surface area contributed by atoms with E-state index in [0.29, 0.717) is 30.0 Å². The first-order valence-corrected chi connectivity index (χ1v) is 9.35. The average Bonchev–Trinajstić information content (AvgIpc) is 2.64. The summed E-state index contributed by atoms with van der Waals surface area (Å²) in [5, 5.41) is 0. The number of rotatable bonds is 7. The molecule has 0 aliphatic heterocycles. The van der Waals surface area contributed by atoms with E-state index >= 15 is 0 Å². The highest BCUT2D eigenvalue weighted by molar-refractivity contribution is 6.25. The number of aliphatic imine (C=N–C) groups is 1. The Balaban J connectivity index is 0.00000338. The predicted octanol–water partition coefficient (Wildman–Crippen LogP) is 5.04. The van der Waals surface area contributed by atoms with Gasteiger partial charge in [-0.2, -0.15) is 0 Å². The maximum Gasteiger partial charge on any atom is 0.166 e. The number of nitrogens with zero attached hydrogens (tertiary/aromatic N) is 1. The van der Waals surface area contributed by atoms with Crippen LogP contribution in [0.2, 0.25) is 0 Å². The molecule has 1 aliphatic carbocycles. The molecule has 3 heteroatoms. The number of Topliss-reactive ketones (excluding diaryl/α,β-unsaturated/α-hetero) is 2. The van der Waals surface area contributed by atoms with Crippen LogP contribution in [0.25, 0.3) is 0 Å². The second kappa shape index (κ2) is 9.45. The van der Waals surface area contributed by atoms with Crippen molar-refractivity contribution in [3.8, 4) is 0 Å². The monoisotopic (exact) mass is 341 g/mol. The van der Waals surface area contributed by atoms with Gasteiger partial charge in [0.15, 0.2) is 11.6 Å². The van der Waals surface area contributed by atoms with Crippen LogP contribution in [0, 0.1) is 11.8 Å². The lowest BCUT2D eigenvalue weighted by atomic mass is 9.79. The average molecular weight is 341 g/mol. The van der Waals surface area contributed by atoms with Gasteiger partial charge in [0, 0.05) is 21.3 Å². The Hall–Kier alpha value is -2.03. The zero-order chi connectivity index (χ0) is 18.2. The molecule has 1 aromatic carbocycles. The van der Waals surface area contributed by atoms with Gasteiger partial charge in [0.25, 0.3) is 0 Å². The van der Waals surface area contributed by atoms with Crippen molar-refractivity contribution in [3.63, 3.8) is 0 Å². The van der Waals surface area contributed by atoms with E-state index in [4.69, 9.17) is 0 Å². The predicted molar refractivity (Wildman–Crippen MR) is 105 cm³/mol. The Morgan fingerprint density at radius 3 is 2.32 bits per heavy atom. The van der Waals surface area contributed by atoms with Gasteiger partial charge < -0.3 is 0 Å². The minimum atomic E-state index is -0.0914. The van der Waals surface area contributed by atoms with Crippen LogP contribution >= 0.6 is 0 Å². The largest absolute Gasteiger partial charge is 0.294 e. The molecule has 1 saturated carbocycles. The molecule has 0 unspecified atom stereocenters. The van der Waals surface area contributed by atoms with Crippen LogP contribution in [0.1, 0.15) is 59.4 Å². The van der Waals surface area contributed by atoms with E-state index in [-0.39, 0.29) is 13.0 Å².